The van der Waals surface area contributed by atoms with Crippen LogP contribution in [0.15, 0.2) is 17.1 Å². The van der Waals surface area contributed by atoms with Crippen molar-refractivity contribution in [1.29, 1.82) is 0 Å². The maximum atomic E-state index is 12.2. The monoisotopic (exact) mass is 294 g/mol. The molecule has 0 saturated carbocycles. The van der Waals surface area contributed by atoms with Crippen LogP contribution in [-0.4, -0.2) is 49.2 Å². The van der Waals surface area contributed by atoms with E-state index in [0.29, 0.717) is 13.2 Å². The third kappa shape index (κ3) is 4.54. The van der Waals surface area contributed by atoms with Crippen LogP contribution in [0.3, 0.4) is 0 Å². The van der Waals surface area contributed by atoms with Crippen molar-refractivity contribution < 1.29 is 4.74 Å². The number of nitrogens with zero attached hydrogens (tertiary/aromatic N) is 3. The molecule has 1 aromatic heterocycles. The first kappa shape index (κ1) is 16.0. The van der Waals surface area contributed by atoms with Gasteiger partial charge >= 0.3 is 0 Å². The molecular formula is C15H26N4O2. The Labute approximate surface area is 126 Å². The topological polar surface area (TPSA) is 59.4 Å². The first-order chi connectivity index (χ1) is 10.2. The first-order valence-corrected chi connectivity index (χ1v) is 7.79. The lowest BCUT2D eigenvalue weighted by Crippen LogP contribution is -2.40. The molecule has 0 spiro atoms. The van der Waals surface area contributed by atoms with Gasteiger partial charge in [0, 0.05) is 26.3 Å². The Balaban J connectivity index is 2.05. The number of aromatic nitrogens is 2. The molecule has 0 amide bonds. The van der Waals surface area contributed by atoms with Crippen LogP contribution in [-0.2, 0) is 11.3 Å². The summed E-state index contributed by atoms with van der Waals surface area (Å²) >= 11 is 0. The SMILES string of the molecule is CCNC(COC)Cn1ncc(N2CCCCC2)cc1=O. The molecule has 0 radical (unpaired) electrons. The van der Waals surface area contributed by atoms with E-state index >= 15 is 0 Å². The largest absolute Gasteiger partial charge is 0.383 e. The summed E-state index contributed by atoms with van der Waals surface area (Å²) in [5.41, 5.74) is 0.903. The van der Waals surface area contributed by atoms with Crippen LogP contribution >= 0.6 is 0 Å². The highest BCUT2D eigenvalue weighted by Crippen LogP contribution is 2.16. The smallest absolute Gasteiger partial charge is 0.268 e. The molecule has 6 nitrogen and oxygen atoms in total. The number of anilines is 1. The number of piperidine rings is 1. The second-order valence-electron chi connectivity index (χ2n) is 5.49. The van der Waals surface area contributed by atoms with Gasteiger partial charge in [-0.15, -0.1) is 0 Å². The Morgan fingerprint density at radius 2 is 2.14 bits per heavy atom. The van der Waals surface area contributed by atoms with Crippen LogP contribution in [0.25, 0.3) is 0 Å². The molecule has 21 heavy (non-hydrogen) atoms. The lowest BCUT2D eigenvalue weighted by Gasteiger charge is -2.28. The van der Waals surface area contributed by atoms with Gasteiger partial charge in [0.15, 0.2) is 0 Å². The van der Waals surface area contributed by atoms with Crippen LogP contribution in [0.1, 0.15) is 26.2 Å². The summed E-state index contributed by atoms with van der Waals surface area (Å²) in [5.74, 6) is 0. The van der Waals surface area contributed by atoms with E-state index in [1.54, 1.807) is 13.2 Å². The first-order valence-electron chi connectivity index (χ1n) is 7.79. The van der Waals surface area contributed by atoms with Gasteiger partial charge in [0.2, 0.25) is 0 Å². The Morgan fingerprint density at radius 1 is 1.38 bits per heavy atom. The molecule has 1 aliphatic rings. The number of hydrogen-bond donors (Lipinski definition) is 1. The molecule has 2 heterocycles. The minimum absolute atomic E-state index is 0.0444. The standard InChI is InChI=1S/C15H26N4O2/c1-3-16-13(12-21-2)11-19-15(20)9-14(10-17-19)18-7-5-4-6-8-18/h9-10,13,16H,3-8,11-12H2,1-2H3. The molecule has 1 atom stereocenters. The minimum atomic E-state index is -0.0444. The lowest BCUT2D eigenvalue weighted by molar-refractivity contribution is 0.157. The summed E-state index contributed by atoms with van der Waals surface area (Å²) < 4.78 is 6.69. The third-order valence-corrected chi connectivity index (χ3v) is 3.83. The van der Waals surface area contributed by atoms with Crippen molar-refractivity contribution in [1.82, 2.24) is 15.1 Å². The summed E-state index contributed by atoms with van der Waals surface area (Å²) in [4.78, 5) is 14.5. The number of ether oxygens (including phenoxy) is 1. The molecule has 1 unspecified atom stereocenters. The zero-order chi connectivity index (χ0) is 15.1. The predicted octanol–water partition coefficient (Wildman–Crippen LogP) is 0.858. The Bertz CT molecular complexity index is 477. The molecular weight excluding hydrogens is 268 g/mol. The van der Waals surface area contributed by atoms with Gasteiger partial charge in [0.05, 0.1) is 31.1 Å². The van der Waals surface area contributed by atoms with Gasteiger partial charge in [-0.2, -0.15) is 5.10 Å². The van der Waals surface area contributed by atoms with Crippen LogP contribution in [0.5, 0.6) is 0 Å². The van der Waals surface area contributed by atoms with Crippen molar-refractivity contribution in [2.24, 2.45) is 0 Å². The van der Waals surface area contributed by atoms with E-state index in [-0.39, 0.29) is 11.6 Å². The van der Waals surface area contributed by atoms with Crippen molar-refractivity contribution in [3.8, 4) is 0 Å². The highest BCUT2D eigenvalue weighted by atomic mass is 16.5. The molecule has 1 aliphatic heterocycles. The molecule has 0 aromatic carbocycles. The van der Waals surface area contributed by atoms with Gasteiger partial charge < -0.3 is 15.0 Å². The van der Waals surface area contributed by atoms with Crippen molar-refractivity contribution in [2.75, 3.05) is 38.3 Å². The highest BCUT2D eigenvalue weighted by molar-refractivity contribution is 5.43. The van der Waals surface area contributed by atoms with Gasteiger partial charge in [-0.05, 0) is 25.8 Å². The van der Waals surface area contributed by atoms with Gasteiger partial charge in [-0.25, -0.2) is 4.68 Å². The van der Waals surface area contributed by atoms with Gasteiger partial charge in [0.1, 0.15) is 0 Å². The molecule has 2 rings (SSSR count). The molecule has 0 aliphatic carbocycles. The number of nitrogens with one attached hydrogen (secondary N) is 1. The van der Waals surface area contributed by atoms with E-state index in [0.717, 1.165) is 25.3 Å². The molecule has 6 heteroatoms. The fraction of sp³-hybridized carbons (Fsp3) is 0.733. The third-order valence-electron chi connectivity index (χ3n) is 3.83. The molecule has 118 valence electrons. The number of likely N-dealkylation sites (N-methyl/N-ethyl adjacent to an activating group) is 1. The molecule has 1 fully saturated rings. The fourth-order valence-electron chi connectivity index (χ4n) is 2.76. The van der Waals surface area contributed by atoms with Crippen molar-refractivity contribution >= 4 is 5.69 Å². The van der Waals surface area contributed by atoms with Gasteiger partial charge in [0.25, 0.3) is 5.56 Å². The number of methoxy groups -OCH3 is 1. The summed E-state index contributed by atoms with van der Waals surface area (Å²) in [6, 6.07) is 1.81. The van der Waals surface area contributed by atoms with E-state index in [2.05, 4.69) is 15.3 Å². The average Bonchev–Trinajstić information content (AvgIpc) is 2.50. The van der Waals surface area contributed by atoms with Crippen LogP contribution in [0.2, 0.25) is 0 Å². The summed E-state index contributed by atoms with van der Waals surface area (Å²) in [5, 5.41) is 7.63. The maximum Gasteiger partial charge on any atom is 0.268 e. The van der Waals surface area contributed by atoms with Gasteiger partial charge in [-0.3, -0.25) is 4.79 Å². The van der Waals surface area contributed by atoms with Crippen LogP contribution < -0.4 is 15.8 Å². The second-order valence-corrected chi connectivity index (χ2v) is 5.49. The van der Waals surface area contributed by atoms with Crippen LogP contribution in [0, 0.1) is 0 Å². The maximum absolute atomic E-state index is 12.2. The number of hydrogen-bond acceptors (Lipinski definition) is 5. The van der Waals surface area contributed by atoms with E-state index in [4.69, 9.17) is 4.74 Å². The van der Waals surface area contributed by atoms with Crippen molar-refractivity contribution in [2.45, 2.75) is 38.8 Å². The zero-order valence-electron chi connectivity index (χ0n) is 13.0. The average molecular weight is 294 g/mol. The van der Waals surface area contributed by atoms with E-state index in [1.165, 1.54) is 23.9 Å². The normalized spacial score (nSPS) is 17.0. The summed E-state index contributed by atoms with van der Waals surface area (Å²) in [7, 11) is 1.67. The highest BCUT2D eigenvalue weighted by Gasteiger charge is 2.14. The summed E-state index contributed by atoms with van der Waals surface area (Å²) in [6.07, 6.45) is 5.48. The quantitative estimate of drug-likeness (QED) is 0.808. The van der Waals surface area contributed by atoms with E-state index in [9.17, 15) is 4.79 Å². The molecule has 1 N–H and O–H groups in total. The molecule has 1 saturated heterocycles. The second kappa shape index (κ2) is 8.14. The molecule has 0 bridgehead atoms. The van der Waals surface area contributed by atoms with Crippen molar-refractivity contribution in [3.05, 3.63) is 22.6 Å². The summed E-state index contributed by atoms with van der Waals surface area (Å²) in [6.45, 7) is 6.02. The Hall–Kier alpha value is -1.40. The van der Waals surface area contributed by atoms with E-state index in [1.807, 2.05) is 13.1 Å². The predicted molar refractivity (Wildman–Crippen MR) is 83.9 cm³/mol. The Morgan fingerprint density at radius 3 is 2.76 bits per heavy atom. The molecule has 1 aromatic rings. The lowest BCUT2D eigenvalue weighted by atomic mass is 10.1. The zero-order valence-corrected chi connectivity index (χ0v) is 13.0. The van der Waals surface area contributed by atoms with Crippen LogP contribution in [0.4, 0.5) is 5.69 Å². The van der Waals surface area contributed by atoms with Crippen molar-refractivity contribution in [3.63, 3.8) is 0 Å². The fourth-order valence-corrected chi connectivity index (χ4v) is 2.76. The number of rotatable bonds is 7. The minimum Gasteiger partial charge on any atom is -0.383 e. The Kier molecular flexibility index (Phi) is 6.20. The van der Waals surface area contributed by atoms with E-state index < -0.39 is 0 Å². The van der Waals surface area contributed by atoms with Gasteiger partial charge in [-0.1, -0.05) is 6.92 Å².